The van der Waals surface area contributed by atoms with Gasteiger partial charge in [-0.1, -0.05) is 42.0 Å². The first kappa shape index (κ1) is 17.3. The van der Waals surface area contributed by atoms with Crippen LogP contribution in [0.15, 0.2) is 40.0 Å². The van der Waals surface area contributed by atoms with Crippen LogP contribution in [0.1, 0.15) is 61.5 Å². The molecule has 1 unspecified atom stereocenters. The highest BCUT2D eigenvalue weighted by atomic mass is 32.2. The number of hydrogen-bond donors (Lipinski definition) is 0. The zero-order valence-corrected chi connectivity index (χ0v) is 16.1. The molecule has 0 fully saturated rings. The van der Waals surface area contributed by atoms with Crippen LogP contribution in [0.4, 0.5) is 0 Å². The van der Waals surface area contributed by atoms with Crippen LogP contribution in [-0.2, 0) is 19.3 Å². The SMILES string of the molecule is CCCc1noc(C(C)Sc2nc3c(n2-c2ccccc2)CCCC3)n1. The Balaban J connectivity index is 1.66. The number of aromatic nitrogens is 4. The average molecular weight is 369 g/mol. The molecule has 4 rings (SSSR count). The van der Waals surface area contributed by atoms with Gasteiger partial charge in [-0.3, -0.25) is 4.57 Å². The summed E-state index contributed by atoms with van der Waals surface area (Å²) >= 11 is 1.70. The summed E-state index contributed by atoms with van der Waals surface area (Å²) in [6.45, 7) is 4.23. The molecular formula is C20H24N4OS. The third-order valence-corrected chi connectivity index (χ3v) is 5.74. The van der Waals surface area contributed by atoms with E-state index in [9.17, 15) is 0 Å². The maximum absolute atomic E-state index is 5.48. The number of thioether (sulfide) groups is 1. The highest BCUT2D eigenvalue weighted by molar-refractivity contribution is 7.99. The van der Waals surface area contributed by atoms with Gasteiger partial charge in [0.05, 0.1) is 10.9 Å². The van der Waals surface area contributed by atoms with Crippen LogP contribution in [0.5, 0.6) is 0 Å². The van der Waals surface area contributed by atoms with Crippen molar-refractivity contribution < 1.29 is 4.52 Å². The molecule has 1 atom stereocenters. The summed E-state index contributed by atoms with van der Waals surface area (Å²) in [5.41, 5.74) is 3.77. The topological polar surface area (TPSA) is 56.7 Å². The number of rotatable bonds is 6. The van der Waals surface area contributed by atoms with Crippen molar-refractivity contribution in [1.29, 1.82) is 0 Å². The first-order chi connectivity index (χ1) is 12.8. The van der Waals surface area contributed by atoms with E-state index in [4.69, 9.17) is 9.51 Å². The van der Waals surface area contributed by atoms with Crippen LogP contribution in [0.25, 0.3) is 5.69 Å². The van der Waals surface area contributed by atoms with Crippen molar-refractivity contribution in [2.24, 2.45) is 0 Å². The standard InChI is InChI=1S/C20H24N4OS/c1-3-9-18-22-19(25-23-18)14(2)26-20-21-16-12-7-8-13-17(16)24(20)15-10-5-4-6-11-15/h4-6,10-11,14H,3,7-9,12-13H2,1-2H3. The predicted molar refractivity (Wildman–Crippen MR) is 103 cm³/mol. The van der Waals surface area contributed by atoms with Crippen molar-refractivity contribution in [2.45, 2.75) is 62.8 Å². The molecule has 26 heavy (non-hydrogen) atoms. The van der Waals surface area contributed by atoms with Gasteiger partial charge in [0.2, 0.25) is 5.89 Å². The number of imidazole rings is 1. The molecule has 0 saturated carbocycles. The molecule has 1 aromatic carbocycles. The largest absolute Gasteiger partial charge is 0.338 e. The maximum atomic E-state index is 5.48. The van der Waals surface area contributed by atoms with E-state index >= 15 is 0 Å². The minimum atomic E-state index is 0.0689. The van der Waals surface area contributed by atoms with Gasteiger partial charge in [-0.05, 0) is 51.2 Å². The zero-order valence-electron chi connectivity index (χ0n) is 15.3. The lowest BCUT2D eigenvalue weighted by molar-refractivity contribution is 0.374. The second kappa shape index (κ2) is 7.66. The van der Waals surface area contributed by atoms with Crippen molar-refractivity contribution in [2.75, 3.05) is 0 Å². The summed E-state index contributed by atoms with van der Waals surface area (Å²) in [6, 6.07) is 10.5. The minimum Gasteiger partial charge on any atom is -0.338 e. The minimum absolute atomic E-state index is 0.0689. The fourth-order valence-electron chi connectivity index (χ4n) is 3.40. The zero-order chi connectivity index (χ0) is 17.9. The van der Waals surface area contributed by atoms with Crippen molar-refractivity contribution >= 4 is 11.8 Å². The highest BCUT2D eigenvalue weighted by Gasteiger charge is 2.24. The van der Waals surface area contributed by atoms with Crippen molar-refractivity contribution in [3.63, 3.8) is 0 Å². The van der Waals surface area contributed by atoms with Gasteiger partial charge in [0.25, 0.3) is 0 Å². The fourth-order valence-corrected chi connectivity index (χ4v) is 4.40. The molecule has 0 N–H and O–H groups in total. The Labute approximate surface area is 158 Å². The predicted octanol–water partition coefficient (Wildman–Crippen LogP) is 4.94. The van der Waals surface area contributed by atoms with Gasteiger partial charge in [0.1, 0.15) is 0 Å². The van der Waals surface area contributed by atoms with E-state index in [2.05, 4.69) is 58.9 Å². The molecule has 1 aliphatic carbocycles. The van der Waals surface area contributed by atoms with Gasteiger partial charge < -0.3 is 4.52 Å². The van der Waals surface area contributed by atoms with E-state index in [1.807, 2.05) is 0 Å². The highest BCUT2D eigenvalue weighted by Crippen LogP contribution is 2.37. The molecule has 5 nitrogen and oxygen atoms in total. The number of para-hydroxylation sites is 1. The monoisotopic (exact) mass is 368 g/mol. The Bertz CT molecular complexity index is 871. The molecule has 2 heterocycles. The average Bonchev–Trinajstić information content (AvgIpc) is 3.27. The van der Waals surface area contributed by atoms with Crippen molar-refractivity contribution in [1.82, 2.24) is 19.7 Å². The fraction of sp³-hybridized carbons (Fsp3) is 0.450. The van der Waals surface area contributed by atoms with Crippen LogP contribution in [-0.4, -0.2) is 19.7 Å². The number of fused-ring (bicyclic) bond motifs is 1. The van der Waals surface area contributed by atoms with Gasteiger partial charge in [-0.25, -0.2) is 4.98 Å². The molecule has 136 valence electrons. The molecule has 0 radical (unpaired) electrons. The van der Waals surface area contributed by atoms with Crippen LogP contribution in [0.2, 0.25) is 0 Å². The summed E-state index contributed by atoms with van der Waals surface area (Å²) in [4.78, 5) is 9.52. The number of aryl methyl sites for hydroxylation is 2. The first-order valence-corrected chi connectivity index (χ1v) is 10.3. The summed E-state index contributed by atoms with van der Waals surface area (Å²) in [6.07, 6.45) is 6.49. The first-order valence-electron chi connectivity index (χ1n) is 9.41. The number of hydrogen-bond acceptors (Lipinski definition) is 5. The molecular weight excluding hydrogens is 344 g/mol. The Hall–Kier alpha value is -2.08. The molecule has 0 spiro atoms. The van der Waals surface area contributed by atoms with E-state index < -0.39 is 0 Å². The van der Waals surface area contributed by atoms with E-state index in [1.54, 1.807) is 11.8 Å². The quantitative estimate of drug-likeness (QED) is 0.577. The van der Waals surface area contributed by atoms with E-state index in [1.165, 1.54) is 29.9 Å². The van der Waals surface area contributed by atoms with Gasteiger partial charge in [0.15, 0.2) is 11.0 Å². The normalized spacial score (nSPS) is 15.0. The van der Waals surface area contributed by atoms with Gasteiger partial charge >= 0.3 is 0 Å². The Kier molecular flexibility index (Phi) is 5.11. The van der Waals surface area contributed by atoms with E-state index in [0.29, 0.717) is 5.89 Å². The molecule has 0 bridgehead atoms. The Morgan fingerprint density at radius 2 is 1.96 bits per heavy atom. The molecule has 0 aliphatic heterocycles. The molecule has 0 saturated heterocycles. The lowest BCUT2D eigenvalue weighted by atomic mass is 10.0. The lowest BCUT2D eigenvalue weighted by Gasteiger charge is -2.15. The van der Waals surface area contributed by atoms with Crippen LogP contribution >= 0.6 is 11.8 Å². The molecule has 2 aromatic heterocycles. The Morgan fingerprint density at radius 1 is 1.15 bits per heavy atom. The summed E-state index contributed by atoms with van der Waals surface area (Å²) in [7, 11) is 0. The maximum Gasteiger partial charge on any atom is 0.239 e. The van der Waals surface area contributed by atoms with Crippen LogP contribution in [0.3, 0.4) is 0 Å². The van der Waals surface area contributed by atoms with Crippen molar-refractivity contribution in [3.05, 3.63) is 53.4 Å². The van der Waals surface area contributed by atoms with Crippen LogP contribution in [0, 0.1) is 0 Å². The lowest BCUT2D eigenvalue weighted by Crippen LogP contribution is -2.07. The molecule has 0 amide bonds. The van der Waals surface area contributed by atoms with Crippen LogP contribution < -0.4 is 0 Å². The molecule has 1 aliphatic rings. The summed E-state index contributed by atoms with van der Waals surface area (Å²) in [5.74, 6) is 1.47. The third-order valence-electron chi connectivity index (χ3n) is 4.70. The number of benzene rings is 1. The molecule has 3 aromatic rings. The summed E-state index contributed by atoms with van der Waals surface area (Å²) in [5, 5.41) is 5.18. The van der Waals surface area contributed by atoms with Crippen molar-refractivity contribution in [3.8, 4) is 5.69 Å². The van der Waals surface area contributed by atoms with E-state index in [-0.39, 0.29) is 5.25 Å². The third kappa shape index (κ3) is 3.43. The second-order valence-corrected chi connectivity index (χ2v) is 8.03. The van der Waals surface area contributed by atoms with Gasteiger partial charge in [0, 0.05) is 17.8 Å². The van der Waals surface area contributed by atoms with Gasteiger partial charge in [-0.2, -0.15) is 4.98 Å². The Morgan fingerprint density at radius 3 is 2.77 bits per heavy atom. The van der Waals surface area contributed by atoms with Gasteiger partial charge in [-0.15, -0.1) is 0 Å². The van der Waals surface area contributed by atoms with E-state index in [0.717, 1.165) is 36.7 Å². The smallest absolute Gasteiger partial charge is 0.239 e. The summed E-state index contributed by atoms with van der Waals surface area (Å²) < 4.78 is 7.80. The molecule has 6 heteroatoms. The second-order valence-electron chi connectivity index (χ2n) is 6.72. The number of nitrogens with zero attached hydrogens (tertiary/aromatic N) is 4.